The Kier molecular flexibility index (Phi) is 5.74. The van der Waals surface area contributed by atoms with Crippen molar-refractivity contribution in [2.75, 3.05) is 52.5 Å². The summed E-state index contributed by atoms with van der Waals surface area (Å²) in [7, 11) is 0. The van der Waals surface area contributed by atoms with Gasteiger partial charge in [0.1, 0.15) is 0 Å². The van der Waals surface area contributed by atoms with Gasteiger partial charge in [0.2, 0.25) is 11.8 Å². The van der Waals surface area contributed by atoms with Crippen molar-refractivity contribution >= 4 is 11.8 Å². The molecule has 0 saturated carbocycles. The quantitative estimate of drug-likeness (QED) is 0.800. The molecule has 0 bridgehead atoms. The standard InChI is InChI=1S/C21H29N3O3/c25-20(23-11-13-27-14-12-23)16-22-8-5-18(6-9-22)21(26)24-10-7-17-3-1-2-4-19(17)15-24/h1-4,18H,5-16H2. The molecule has 3 aliphatic rings. The minimum absolute atomic E-state index is 0.102. The van der Waals surface area contributed by atoms with Crippen LogP contribution in [0.15, 0.2) is 24.3 Å². The van der Waals surface area contributed by atoms with Crippen molar-refractivity contribution in [1.29, 1.82) is 0 Å². The molecule has 3 aliphatic heterocycles. The van der Waals surface area contributed by atoms with Crippen LogP contribution in [0.25, 0.3) is 0 Å². The highest BCUT2D eigenvalue weighted by Crippen LogP contribution is 2.24. The monoisotopic (exact) mass is 371 g/mol. The summed E-state index contributed by atoms with van der Waals surface area (Å²) in [5.74, 6) is 0.587. The van der Waals surface area contributed by atoms with Crippen LogP contribution in [0.4, 0.5) is 0 Å². The molecule has 1 aromatic rings. The van der Waals surface area contributed by atoms with Crippen LogP contribution in [0.2, 0.25) is 0 Å². The van der Waals surface area contributed by atoms with Crippen molar-refractivity contribution in [2.24, 2.45) is 5.92 Å². The first kappa shape index (κ1) is 18.4. The molecule has 0 radical (unpaired) electrons. The Morgan fingerprint density at radius 1 is 0.926 bits per heavy atom. The van der Waals surface area contributed by atoms with E-state index in [-0.39, 0.29) is 11.8 Å². The number of ether oxygens (including phenoxy) is 1. The molecule has 0 unspecified atom stereocenters. The maximum Gasteiger partial charge on any atom is 0.236 e. The van der Waals surface area contributed by atoms with Crippen LogP contribution in [0, 0.1) is 5.92 Å². The highest BCUT2D eigenvalue weighted by molar-refractivity contribution is 5.80. The summed E-state index contributed by atoms with van der Waals surface area (Å²) in [6.07, 6.45) is 2.66. The van der Waals surface area contributed by atoms with Gasteiger partial charge in [-0.1, -0.05) is 24.3 Å². The second-order valence-electron chi connectivity index (χ2n) is 7.82. The van der Waals surface area contributed by atoms with E-state index in [1.165, 1.54) is 11.1 Å². The van der Waals surface area contributed by atoms with Crippen molar-refractivity contribution in [3.8, 4) is 0 Å². The van der Waals surface area contributed by atoms with Gasteiger partial charge in [-0.15, -0.1) is 0 Å². The number of nitrogens with zero attached hydrogens (tertiary/aromatic N) is 3. The zero-order chi connectivity index (χ0) is 18.6. The Labute approximate surface area is 161 Å². The molecular weight excluding hydrogens is 342 g/mol. The average Bonchev–Trinajstić information content (AvgIpc) is 2.74. The Morgan fingerprint density at radius 2 is 1.63 bits per heavy atom. The average molecular weight is 371 g/mol. The van der Waals surface area contributed by atoms with Crippen LogP contribution in [0.5, 0.6) is 0 Å². The Balaban J connectivity index is 1.25. The molecule has 27 heavy (non-hydrogen) atoms. The van der Waals surface area contributed by atoms with Crippen LogP contribution in [-0.4, -0.2) is 79.0 Å². The van der Waals surface area contributed by atoms with Crippen molar-refractivity contribution in [1.82, 2.24) is 14.7 Å². The number of fused-ring (bicyclic) bond motifs is 1. The van der Waals surface area contributed by atoms with Crippen molar-refractivity contribution in [2.45, 2.75) is 25.8 Å². The molecule has 0 atom stereocenters. The molecule has 2 fully saturated rings. The third-order valence-corrected chi connectivity index (χ3v) is 6.10. The first-order valence-electron chi connectivity index (χ1n) is 10.1. The molecule has 0 spiro atoms. The van der Waals surface area contributed by atoms with E-state index in [1.807, 2.05) is 9.80 Å². The van der Waals surface area contributed by atoms with E-state index >= 15 is 0 Å². The van der Waals surface area contributed by atoms with Crippen LogP contribution in [0.1, 0.15) is 24.0 Å². The normalized spacial score (nSPS) is 21.8. The molecule has 2 saturated heterocycles. The molecule has 6 heteroatoms. The highest BCUT2D eigenvalue weighted by atomic mass is 16.5. The maximum absolute atomic E-state index is 13.0. The molecule has 4 rings (SSSR count). The number of amides is 2. The summed E-state index contributed by atoms with van der Waals surface area (Å²) in [5, 5.41) is 0. The minimum Gasteiger partial charge on any atom is -0.378 e. The number of benzene rings is 1. The van der Waals surface area contributed by atoms with E-state index in [1.54, 1.807) is 0 Å². The maximum atomic E-state index is 13.0. The zero-order valence-electron chi connectivity index (χ0n) is 15.9. The summed E-state index contributed by atoms with van der Waals surface area (Å²) in [6.45, 7) is 6.37. The molecule has 0 N–H and O–H groups in total. The number of carbonyl (C=O) groups is 2. The fraction of sp³-hybridized carbons (Fsp3) is 0.619. The number of hydrogen-bond donors (Lipinski definition) is 0. The Bertz CT molecular complexity index is 679. The van der Waals surface area contributed by atoms with Crippen LogP contribution >= 0.6 is 0 Å². The van der Waals surface area contributed by atoms with Crippen molar-refractivity contribution in [3.63, 3.8) is 0 Å². The van der Waals surface area contributed by atoms with E-state index in [9.17, 15) is 9.59 Å². The van der Waals surface area contributed by atoms with Crippen LogP contribution in [-0.2, 0) is 27.3 Å². The van der Waals surface area contributed by atoms with Gasteiger partial charge in [-0.3, -0.25) is 14.5 Å². The van der Waals surface area contributed by atoms with Crippen molar-refractivity contribution < 1.29 is 14.3 Å². The van der Waals surface area contributed by atoms with Crippen LogP contribution < -0.4 is 0 Å². The third kappa shape index (κ3) is 4.33. The van der Waals surface area contributed by atoms with E-state index < -0.39 is 0 Å². The van der Waals surface area contributed by atoms with Gasteiger partial charge in [0.25, 0.3) is 0 Å². The topological polar surface area (TPSA) is 53.1 Å². The fourth-order valence-electron chi connectivity index (χ4n) is 4.38. The fourth-order valence-corrected chi connectivity index (χ4v) is 4.38. The number of morpholine rings is 1. The van der Waals surface area contributed by atoms with Gasteiger partial charge in [0.15, 0.2) is 0 Å². The van der Waals surface area contributed by atoms with Gasteiger partial charge < -0.3 is 14.5 Å². The number of hydrogen-bond acceptors (Lipinski definition) is 4. The molecule has 146 valence electrons. The van der Waals surface area contributed by atoms with Gasteiger partial charge in [-0.2, -0.15) is 0 Å². The lowest BCUT2D eigenvalue weighted by Crippen LogP contribution is -2.49. The summed E-state index contributed by atoms with van der Waals surface area (Å²) >= 11 is 0. The Morgan fingerprint density at radius 3 is 2.37 bits per heavy atom. The number of piperidine rings is 1. The number of likely N-dealkylation sites (tertiary alicyclic amines) is 1. The zero-order valence-corrected chi connectivity index (χ0v) is 15.9. The second-order valence-corrected chi connectivity index (χ2v) is 7.82. The molecule has 6 nitrogen and oxygen atoms in total. The second kappa shape index (κ2) is 8.40. The SMILES string of the molecule is O=C(CN1CCC(C(=O)N2CCc3ccccc3C2)CC1)N1CCOCC1. The van der Waals surface area contributed by atoms with E-state index in [0.29, 0.717) is 38.8 Å². The first-order valence-corrected chi connectivity index (χ1v) is 10.1. The van der Waals surface area contributed by atoms with Gasteiger partial charge in [-0.25, -0.2) is 0 Å². The van der Waals surface area contributed by atoms with Gasteiger partial charge in [-0.05, 0) is 43.5 Å². The summed E-state index contributed by atoms with van der Waals surface area (Å²) in [6, 6.07) is 8.43. The van der Waals surface area contributed by atoms with Gasteiger partial charge in [0, 0.05) is 32.1 Å². The summed E-state index contributed by atoms with van der Waals surface area (Å²) < 4.78 is 5.31. The number of rotatable bonds is 3. The summed E-state index contributed by atoms with van der Waals surface area (Å²) in [5.41, 5.74) is 2.66. The van der Waals surface area contributed by atoms with E-state index in [4.69, 9.17) is 4.74 Å². The number of carbonyl (C=O) groups excluding carboxylic acids is 2. The molecule has 0 aliphatic carbocycles. The first-order chi connectivity index (χ1) is 13.2. The lowest BCUT2D eigenvalue weighted by atomic mass is 9.93. The molecule has 3 heterocycles. The lowest BCUT2D eigenvalue weighted by Gasteiger charge is -2.36. The third-order valence-electron chi connectivity index (χ3n) is 6.10. The van der Waals surface area contributed by atoms with Crippen molar-refractivity contribution in [3.05, 3.63) is 35.4 Å². The smallest absolute Gasteiger partial charge is 0.236 e. The Hall–Kier alpha value is -1.92. The molecule has 2 amide bonds. The predicted molar refractivity (Wildman–Crippen MR) is 102 cm³/mol. The lowest BCUT2D eigenvalue weighted by molar-refractivity contribution is -0.139. The molecular formula is C21H29N3O3. The highest BCUT2D eigenvalue weighted by Gasteiger charge is 2.31. The predicted octanol–water partition coefficient (Wildman–Crippen LogP) is 1.14. The molecule has 1 aromatic carbocycles. The van der Waals surface area contributed by atoms with E-state index in [0.717, 1.165) is 45.4 Å². The van der Waals surface area contributed by atoms with Gasteiger partial charge in [0.05, 0.1) is 19.8 Å². The van der Waals surface area contributed by atoms with Gasteiger partial charge >= 0.3 is 0 Å². The minimum atomic E-state index is 0.102. The molecule has 0 aromatic heterocycles. The van der Waals surface area contributed by atoms with E-state index in [2.05, 4.69) is 29.2 Å². The summed E-state index contributed by atoms with van der Waals surface area (Å²) in [4.78, 5) is 31.5. The largest absolute Gasteiger partial charge is 0.378 e. The van der Waals surface area contributed by atoms with Crippen LogP contribution in [0.3, 0.4) is 0 Å².